The van der Waals surface area contributed by atoms with Crippen molar-refractivity contribution in [2.75, 3.05) is 0 Å². The second-order valence-electron chi connectivity index (χ2n) is 11.4. The fourth-order valence-electron chi connectivity index (χ4n) is 7.27. The summed E-state index contributed by atoms with van der Waals surface area (Å²) in [5.41, 5.74) is 12.4. The van der Waals surface area contributed by atoms with Crippen molar-refractivity contribution in [3.05, 3.63) is 154 Å². The van der Waals surface area contributed by atoms with E-state index in [2.05, 4.69) is 78.9 Å². The van der Waals surface area contributed by atoms with E-state index in [1.807, 2.05) is 43.3 Å². The maximum atomic E-state index is 14.1. The van der Waals surface area contributed by atoms with Crippen molar-refractivity contribution in [1.82, 2.24) is 0 Å². The van der Waals surface area contributed by atoms with Gasteiger partial charge in [-0.05, 0) is 74.0 Å². The molecule has 40 heavy (non-hydrogen) atoms. The van der Waals surface area contributed by atoms with Crippen LogP contribution in [0, 0.1) is 5.92 Å². The van der Waals surface area contributed by atoms with E-state index in [0.29, 0.717) is 11.1 Å². The minimum Gasteiger partial charge on any atom is -0.380 e. The van der Waals surface area contributed by atoms with Gasteiger partial charge in [-0.2, -0.15) is 0 Å². The number of benzene rings is 5. The van der Waals surface area contributed by atoms with Crippen LogP contribution in [0.2, 0.25) is 0 Å². The Morgan fingerprint density at radius 2 is 1.15 bits per heavy atom. The Bertz CT molecular complexity index is 1890. The smallest absolute Gasteiger partial charge is 0.170 e. The molecule has 0 aliphatic heterocycles. The molecule has 0 fully saturated rings. The Hall–Kier alpha value is -4.53. The van der Waals surface area contributed by atoms with Crippen molar-refractivity contribution >= 4 is 16.9 Å². The summed E-state index contributed by atoms with van der Waals surface area (Å²) in [5, 5.41) is 12.8. The zero-order valence-corrected chi connectivity index (χ0v) is 22.3. The Morgan fingerprint density at radius 1 is 0.600 bits per heavy atom. The predicted octanol–water partition coefficient (Wildman–Crippen LogP) is 7.85. The van der Waals surface area contributed by atoms with Gasteiger partial charge in [0.15, 0.2) is 5.78 Å². The third-order valence-electron chi connectivity index (χ3n) is 9.28. The minimum absolute atomic E-state index is 0.0173. The lowest BCUT2D eigenvalue weighted by Gasteiger charge is -2.32. The first-order valence-corrected chi connectivity index (χ1v) is 14.0. The molecule has 192 valence electrons. The molecule has 0 aromatic heterocycles. The molecular formula is C38H28O2. The monoisotopic (exact) mass is 516 g/mol. The summed E-state index contributed by atoms with van der Waals surface area (Å²) in [7, 11) is 0. The molecule has 2 unspecified atom stereocenters. The number of ketones is 1. The van der Waals surface area contributed by atoms with Crippen LogP contribution in [0.1, 0.15) is 45.9 Å². The van der Waals surface area contributed by atoms with Crippen LogP contribution in [-0.4, -0.2) is 10.9 Å². The van der Waals surface area contributed by atoms with Crippen molar-refractivity contribution in [3.8, 4) is 22.3 Å². The van der Waals surface area contributed by atoms with E-state index >= 15 is 0 Å². The van der Waals surface area contributed by atoms with Crippen LogP contribution in [0.15, 0.2) is 115 Å². The fourth-order valence-corrected chi connectivity index (χ4v) is 7.27. The highest BCUT2D eigenvalue weighted by molar-refractivity contribution is 6.33. The van der Waals surface area contributed by atoms with Crippen LogP contribution in [-0.2, 0) is 23.2 Å². The van der Waals surface area contributed by atoms with E-state index < -0.39 is 11.5 Å². The average molecular weight is 517 g/mol. The molecule has 0 saturated heterocycles. The van der Waals surface area contributed by atoms with E-state index in [1.54, 1.807) is 0 Å². The lowest BCUT2D eigenvalue weighted by molar-refractivity contribution is -0.121. The number of carbonyl (C=O) groups is 1. The van der Waals surface area contributed by atoms with E-state index in [9.17, 15) is 9.90 Å². The highest BCUT2D eigenvalue weighted by Gasteiger charge is 2.52. The summed E-state index contributed by atoms with van der Waals surface area (Å²) < 4.78 is 0. The summed E-state index contributed by atoms with van der Waals surface area (Å²) in [6, 6.07) is 39.6. The lowest BCUT2D eigenvalue weighted by Crippen LogP contribution is -2.34. The van der Waals surface area contributed by atoms with E-state index in [-0.39, 0.29) is 5.78 Å². The van der Waals surface area contributed by atoms with Crippen LogP contribution in [0.4, 0.5) is 0 Å². The Morgan fingerprint density at radius 3 is 1.82 bits per heavy atom. The van der Waals surface area contributed by atoms with Crippen molar-refractivity contribution in [2.24, 2.45) is 5.92 Å². The maximum Gasteiger partial charge on any atom is 0.170 e. The summed E-state index contributed by atoms with van der Waals surface area (Å²) in [5.74, 6) is -0.638. The molecule has 2 nitrogen and oxygen atoms in total. The largest absolute Gasteiger partial charge is 0.380 e. The Kier molecular flexibility index (Phi) is 4.96. The number of Topliss-reactive ketones (excluding diaryl/α,β-unsaturated/α-hetero) is 1. The standard InChI is InChI=1S/C38H28O2/c1-23-37(39)35(24-9-3-2-4-10-24)36(27-15-17-33-28(21-27)19-25-11-5-7-13-31(25)33)38(23,40)30-16-18-34-29(22-30)20-26-12-6-8-14-32(26)34/h2-18,21-23,40H,19-20H2,1H3. The minimum atomic E-state index is -1.45. The van der Waals surface area contributed by atoms with Gasteiger partial charge < -0.3 is 5.11 Å². The molecule has 5 aromatic carbocycles. The molecule has 2 atom stereocenters. The number of carbonyl (C=O) groups excluding carboxylic acids is 1. The van der Waals surface area contributed by atoms with Crippen LogP contribution in [0.25, 0.3) is 33.4 Å². The van der Waals surface area contributed by atoms with Crippen molar-refractivity contribution < 1.29 is 9.90 Å². The zero-order chi connectivity index (χ0) is 27.0. The summed E-state index contributed by atoms with van der Waals surface area (Å²) in [4.78, 5) is 14.1. The molecule has 0 spiro atoms. The van der Waals surface area contributed by atoms with Crippen LogP contribution in [0.3, 0.4) is 0 Å². The lowest BCUT2D eigenvalue weighted by atomic mass is 9.77. The first-order valence-electron chi connectivity index (χ1n) is 14.0. The van der Waals surface area contributed by atoms with Crippen LogP contribution < -0.4 is 0 Å². The first kappa shape index (κ1) is 23.4. The number of fused-ring (bicyclic) bond motifs is 6. The first-order chi connectivity index (χ1) is 19.5. The van der Waals surface area contributed by atoms with E-state index in [0.717, 1.165) is 29.5 Å². The normalized spacial score (nSPS) is 20.4. The number of hydrogen-bond acceptors (Lipinski definition) is 2. The van der Waals surface area contributed by atoms with Gasteiger partial charge in [0.05, 0.1) is 5.92 Å². The average Bonchev–Trinajstić information content (AvgIpc) is 3.62. The molecule has 0 amide bonds. The van der Waals surface area contributed by atoms with Gasteiger partial charge in [-0.3, -0.25) is 4.79 Å². The maximum absolute atomic E-state index is 14.1. The SMILES string of the molecule is CC1C(=O)C(c2ccccc2)=C(c2ccc3c(c2)Cc2ccccc2-3)C1(O)c1ccc2c(c1)Cc1ccccc1-2. The van der Waals surface area contributed by atoms with Crippen molar-refractivity contribution in [2.45, 2.75) is 25.4 Å². The van der Waals surface area contributed by atoms with E-state index in [1.165, 1.54) is 44.5 Å². The Labute approximate surface area is 234 Å². The number of allylic oxidation sites excluding steroid dienone is 1. The van der Waals surface area contributed by atoms with Gasteiger partial charge in [-0.15, -0.1) is 0 Å². The molecular weight excluding hydrogens is 488 g/mol. The number of aliphatic hydroxyl groups is 1. The highest BCUT2D eigenvalue weighted by Crippen LogP contribution is 2.54. The highest BCUT2D eigenvalue weighted by atomic mass is 16.3. The zero-order valence-electron chi connectivity index (χ0n) is 22.3. The molecule has 0 bridgehead atoms. The number of rotatable bonds is 3. The Balaban J connectivity index is 1.34. The molecule has 0 heterocycles. The van der Waals surface area contributed by atoms with Gasteiger partial charge >= 0.3 is 0 Å². The quantitative estimate of drug-likeness (QED) is 0.260. The van der Waals surface area contributed by atoms with E-state index in [4.69, 9.17) is 0 Å². The summed E-state index contributed by atoms with van der Waals surface area (Å²) >= 11 is 0. The molecule has 1 N–H and O–H groups in total. The third kappa shape index (κ3) is 3.17. The van der Waals surface area contributed by atoms with Gasteiger partial charge in [-0.25, -0.2) is 0 Å². The van der Waals surface area contributed by atoms with Gasteiger partial charge in [-0.1, -0.05) is 122 Å². The molecule has 3 aliphatic carbocycles. The van der Waals surface area contributed by atoms with Crippen molar-refractivity contribution in [1.29, 1.82) is 0 Å². The van der Waals surface area contributed by atoms with Gasteiger partial charge in [0.1, 0.15) is 5.60 Å². The topological polar surface area (TPSA) is 37.3 Å². The summed E-state index contributed by atoms with van der Waals surface area (Å²) in [6.45, 7) is 1.88. The molecule has 0 radical (unpaired) electrons. The number of hydrogen-bond donors (Lipinski definition) is 1. The predicted molar refractivity (Wildman–Crippen MR) is 161 cm³/mol. The van der Waals surface area contributed by atoms with Crippen molar-refractivity contribution in [3.63, 3.8) is 0 Å². The second kappa shape index (κ2) is 8.48. The second-order valence-corrected chi connectivity index (χ2v) is 11.4. The van der Waals surface area contributed by atoms with Crippen LogP contribution >= 0.6 is 0 Å². The molecule has 5 aromatic rings. The molecule has 0 saturated carbocycles. The molecule has 3 aliphatic rings. The van der Waals surface area contributed by atoms with Gasteiger partial charge in [0.25, 0.3) is 0 Å². The third-order valence-corrected chi connectivity index (χ3v) is 9.28. The van der Waals surface area contributed by atoms with Crippen LogP contribution in [0.5, 0.6) is 0 Å². The fraction of sp³-hybridized carbons (Fsp3) is 0.132. The molecule has 8 rings (SSSR count). The van der Waals surface area contributed by atoms with Gasteiger partial charge in [0.2, 0.25) is 0 Å². The van der Waals surface area contributed by atoms with Gasteiger partial charge in [0, 0.05) is 11.1 Å². The molecule has 2 heteroatoms. The summed E-state index contributed by atoms with van der Waals surface area (Å²) in [6.07, 6.45) is 1.69.